The molecule has 0 amide bonds. The lowest BCUT2D eigenvalue weighted by Crippen LogP contribution is -2.29. The smallest absolute Gasteiger partial charge is 0.462 e. The number of rotatable bonds is 34. The van der Waals surface area contributed by atoms with Gasteiger partial charge in [0.1, 0.15) is 6.61 Å². The van der Waals surface area contributed by atoms with Gasteiger partial charge in [-0.3, -0.25) is 14.1 Å². The summed E-state index contributed by atoms with van der Waals surface area (Å²) in [6, 6.07) is 0. The topological polar surface area (TPSA) is 119 Å². The molecule has 0 aliphatic carbocycles. The van der Waals surface area contributed by atoms with Crippen LogP contribution in [0.3, 0.4) is 0 Å². The van der Waals surface area contributed by atoms with E-state index in [0.717, 1.165) is 51.4 Å². The maximum absolute atomic E-state index is 12.3. The molecule has 0 spiro atoms. The van der Waals surface area contributed by atoms with Crippen molar-refractivity contribution in [2.24, 2.45) is 0 Å². The highest BCUT2D eigenvalue weighted by molar-refractivity contribution is 7.46. The molecule has 0 heterocycles. The average Bonchev–Trinajstić information content (AvgIpc) is 3.00. The van der Waals surface area contributed by atoms with E-state index in [4.69, 9.17) is 19.3 Å². The highest BCUT2D eigenvalue weighted by Gasteiger charge is 2.22. The number of esters is 2. The van der Waals surface area contributed by atoms with E-state index in [1.807, 2.05) is 0 Å². The number of allylic oxidation sites excluding steroid dienone is 2. The van der Waals surface area contributed by atoms with Crippen LogP contribution in [-0.4, -0.2) is 41.0 Å². The number of ether oxygens (including phenoxy) is 2. The molecule has 0 fully saturated rings. The average molecular weight is 661 g/mol. The van der Waals surface area contributed by atoms with Crippen LogP contribution >= 0.6 is 7.82 Å². The van der Waals surface area contributed by atoms with Gasteiger partial charge in [0.05, 0.1) is 6.61 Å². The van der Waals surface area contributed by atoms with Gasteiger partial charge in [0.25, 0.3) is 0 Å². The molecule has 0 aromatic heterocycles. The lowest BCUT2D eigenvalue weighted by molar-refractivity contribution is -0.161. The van der Waals surface area contributed by atoms with Crippen LogP contribution in [0.2, 0.25) is 0 Å². The molecule has 2 N–H and O–H groups in total. The van der Waals surface area contributed by atoms with Gasteiger partial charge in [-0.15, -0.1) is 0 Å². The van der Waals surface area contributed by atoms with Crippen LogP contribution in [0, 0.1) is 0 Å². The van der Waals surface area contributed by atoms with Crippen molar-refractivity contribution in [3.05, 3.63) is 12.2 Å². The Bertz CT molecular complexity index is 751. The van der Waals surface area contributed by atoms with E-state index < -0.39 is 32.5 Å². The zero-order chi connectivity index (χ0) is 33.3. The summed E-state index contributed by atoms with van der Waals surface area (Å²) in [6.45, 7) is 3.66. The zero-order valence-corrected chi connectivity index (χ0v) is 29.9. The van der Waals surface area contributed by atoms with E-state index in [0.29, 0.717) is 6.42 Å². The third-order valence-electron chi connectivity index (χ3n) is 8.03. The summed E-state index contributed by atoms with van der Waals surface area (Å²) in [5.74, 6) is -0.888. The van der Waals surface area contributed by atoms with Gasteiger partial charge in [0, 0.05) is 12.8 Å². The summed E-state index contributed by atoms with van der Waals surface area (Å²) in [7, 11) is -4.74. The Hall–Kier alpha value is -1.21. The van der Waals surface area contributed by atoms with Crippen molar-refractivity contribution >= 4 is 19.8 Å². The quantitative estimate of drug-likeness (QED) is 0.0303. The summed E-state index contributed by atoms with van der Waals surface area (Å²) >= 11 is 0. The molecule has 0 aromatic carbocycles. The molecule has 0 saturated carbocycles. The van der Waals surface area contributed by atoms with Crippen molar-refractivity contribution in [3.63, 3.8) is 0 Å². The van der Waals surface area contributed by atoms with Crippen LogP contribution in [0.1, 0.15) is 187 Å². The molecule has 0 saturated heterocycles. The minimum absolute atomic E-state index is 0.206. The van der Waals surface area contributed by atoms with Crippen molar-refractivity contribution < 1.29 is 37.9 Å². The molecule has 0 aromatic rings. The second kappa shape index (κ2) is 32.7. The molecule has 0 bridgehead atoms. The SMILES string of the molecule is CCCCCCC/C=C\CCCCCCCC(=O)OC(COC(=O)CCCCCCCCCCCCCCC)COP(=O)(O)O. The van der Waals surface area contributed by atoms with Crippen molar-refractivity contribution in [1.82, 2.24) is 0 Å². The lowest BCUT2D eigenvalue weighted by atomic mass is 10.0. The zero-order valence-electron chi connectivity index (χ0n) is 29.0. The number of hydrogen-bond donors (Lipinski definition) is 2. The van der Waals surface area contributed by atoms with E-state index in [-0.39, 0.29) is 19.4 Å². The standard InChI is InChI=1S/C36H69O8P/c1-3-5-7-9-11-13-15-17-19-21-23-25-27-29-31-36(38)44-34(33-43-45(39,40)41)32-42-35(37)30-28-26-24-22-20-18-16-14-12-10-8-6-4-2/h15,17,34H,3-14,16,18-33H2,1-2H3,(H2,39,40,41)/b17-15-. The first kappa shape index (κ1) is 43.8. The van der Waals surface area contributed by atoms with Crippen LogP contribution in [0.4, 0.5) is 0 Å². The van der Waals surface area contributed by atoms with Gasteiger partial charge < -0.3 is 19.3 Å². The van der Waals surface area contributed by atoms with Crippen LogP contribution in [-0.2, 0) is 28.2 Å². The van der Waals surface area contributed by atoms with Crippen molar-refractivity contribution in [1.29, 1.82) is 0 Å². The minimum Gasteiger partial charge on any atom is -0.462 e. The Morgan fingerprint density at radius 3 is 1.36 bits per heavy atom. The predicted molar refractivity (Wildman–Crippen MR) is 184 cm³/mol. The molecule has 8 nitrogen and oxygen atoms in total. The fraction of sp³-hybridized carbons (Fsp3) is 0.889. The van der Waals surface area contributed by atoms with Crippen LogP contribution in [0.5, 0.6) is 0 Å². The monoisotopic (exact) mass is 660 g/mol. The number of unbranched alkanes of at least 4 members (excludes halogenated alkanes) is 22. The lowest BCUT2D eigenvalue weighted by Gasteiger charge is -2.18. The number of phosphoric ester groups is 1. The molecule has 0 aliphatic rings. The number of hydrogen-bond acceptors (Lipinski definition) is 6. The molecular weight excluding hydrogens is 591 g/mol. The molecule has 1 unspecified atom stereocenters. The molecule has 266 valence electrons. The van der Waals surface area contributed by atoms with Crippen LogP contribution in [0.15, 0.2) is 12.2 Å². The van der Waals surface area contributed by atoms with Gasteiger partial charge in [-0.1, -0.05) is 148 Å². The summed E-state index contributed by atoms with van der Waals surface area (Å²) in [5.41, 5.74) is 0. The van der Waals surface area contributed by atoms with E-state index >= 15 is 0 Å². The minimum atomic E-state index is -4.74. The maximum atomic E-state index is 12.3. The largest absolute Gasteiger partial charge is 0.469 e. The second-order valence-corrected chi connectivity index (χ2v) is 13.8. The second-order valence-electron chi connectivity index (χ2n) is 12.6. The van der Waals surface area contributed by atoms with Crippen LogP contribution < -0.4 is 0 Å². The summed E-state index contributed by atoms with van der Waals surface area (Å²) in [6.07, 6.45) is 33.6. The van der Waals surface area contributed by atoms with Gasteiger partial charge in [-0.2, -0.15) is 0 Å². The number of carbonyl (C=O) groups excluding carboxylic acids is 2. The van der Waals surface area contributed by atoms with E-state index in [9.17, 15) is 14.2 Å². The Morgan fingerprint density at radius 1 is 0.556 bits per heavy atom. The van der Waals surface area contributed by atoms with E-state index in [2.05, 4.69) is 30.5 Å². The van der Waals surface area contributed by atoms with Gasteiger partial charge in [0.15, 0.2) is 6.10 Å². The van der Waals surface area contributed by atoms with E-state index in [1.54, 1.807) is 0 Å². The van der Waals surface area contributed by atoms with Gasteiger partial charge in [0.2, 0.25) is 0 Å². The van der Waals surface area contributed by atoms with Crippen LogP contribution in [0.25, 0.3) is 0 Å². The van der Waals surface area contributed by atoms with E-state index in [1.165, 1.54) is 103 Å². The Labute approximate surface area is 276 Å². The molecule has 0 radical (unpaired) electrons. The first-order chi connectivity index (χ1) is 21.8. The van der Waals surface area contributed by atoms with Crippen molar-refractivity contribution in [2.75, 3.05) is 13.2 Å². The summed E-state index contributed by atoms with van der Waals surface area (Å²) in [5, 5.41) is 0. The van der Waals surface area contributed by atoms with Gasteiger partial charge >= 0.3 is 19.8 Å². The molecule has 45 heavy (non-hydrogen) atoms. The molecule has 1 atom stereocenters. The maximum Gasteiger partial charge on any atom is 0.469 e. The van der Waals surface area contributed by atoms with Crippen molar-refractivity contribution in [2.45, 2.75) is 193 Å². The summed E-state index contributed by atoms with van der Waals surface area (Å²) in [4.78, 5) is 42.6. The Balaban J connectivity index is 3.97. The fourth-order valence-electron chi connectivity index (χ4n) is 5.25. The fourth-order valence-corrected chi connectivity index (χ4v) is 5.61. The Kier molecular flexibility index (Phi) is 31.8. The van der Waals surface area contributed by atoms with Gasteiger partial charge in [-0.05, 0) is 38.5 Å². The highest BCUT2D eigenvalue weighted by Crippen LogP contribution is 2.36. The number of carbonyl (C=O) groups is 2. The highest BCUT2D eigenvalue weighted by atomic mass is 31.2. The summed E-state index contributed by atoms with van der Waals surface area (Å²) < 4.78 is 26.3. The normalized spacial score (nSPS) is 12.5. The molecular formula is C36H69O8P. The van der Waals surface area contributed by atoms with Crippen molar-refractivity contribution in [3.8, 4) is 0 Å². The molecule has 9 heteroatoms. The van der Waals surface area contributed by atoms with Gasteiger partial charge in [-0.25, -0.2) is 4.57 Å². The molecule has 0 rings (SSSR count). The Morgan fingerprint density at radius 2 is 0.933 bits per heavy atom. The molecule has 0 aliphatic heterocycles. The first-order valence-corrected chi connectivity index (χ1v) is 20.0. The predicted octanol–water partition coefficient (Wildman–Crippen LogP) is 10.7. The number of phosphoric acid groups is 1. The third kappa shape index (κ3) is 35.5. The third-order valence-corrected chi connectivity index (χ3v) is 8.52. The first-order valence-electron chi connectivity index (χ1n) is 18.5.